The van der Waals surface area contributed by atoms with Gasteiger partial charge in [0.1, 0.15) is 17.4 Å². The fourth-order valence-electron chi connectivity index (χ4n) is 1.88. The number of rotatable bonds is 5. The second-order valence-corrected chi connectivity index (χ2v) is 6.03. The lowest BCUT2D eigenvalue weighted by Gasteiger charge is -2.15. The molecule has 0 aliphatic carbocycles. The van der Waals surface area contributed by atoms with Crippen molar-refractivity contribution >= 4 is 27.7 Å². The van der Waals surface area contributed by atoms with Crippen molar-refractivity contribution in [3.8, 4) is 5.75 Å². The summed E-state index contributed by atoms with van der Waals surface area (Å²) < 4.78 is 31.5. The molecule has 0 bridgehead atoms. The number of hydrazine groups is 1. The van der Waals surface area contributed by atoms with Gasteiger partial charge in [0.05, 0.1) is 10.9 Å². The van der Waals surface area contributed by atoms with Gasteiger partial charge in [0.15, 0.2) is 6.10 Å². The van der Waals surface area contributed by atoms with Gasteiger partial charge in [-0.05, 0) is 64.8 Å². The predicted octanol–water partition coefficient (Wildman–Crippen LogP) is 2.88. The van der Waals surface area contributed by atoms with E-state index in [9.17, 15) is 18.4 Å². The summed E-state index contributed by atoms with van der Waals surface area (Å²) in [7, 11) is 0. The molecule has 0 saturated heterocycles. The molecule has 2 rings (SSSR count). The molecule has 1 atom stereocenters. The lowest BCUT2D eigenvalue weighted by Crippen LogP contribution is -2.47. The van der Waals surface area contributed by atoms with Gasteiger partial charge in [0.25, 0.3) is 5.91 Å². The predicted molar refractivity (Wildman–Crippen MR) is 90.6 cm³/mol. The summed E-state index contributed by atoms with van der Waals surface area (Å²) in [5.41, 5.74) is 5.07. The molecule has 132 valence electrons. The zero-order chi connectivity index (χ0) is 18.4. The maximum Gasteiger partial charge on any atom is 0.279 e. The summed E-state index contributed by atoms with van der Waals surface area (Å²) in [6, 6.07) is 9.40. The molecule has 0 radical (unpaired) electrons. The Balaban J connectivity index is 1.80. The Morgan fingerprint density at radius 1 is 1.12 bits per heavy atom. The number of hydrogen-bond acceptors (Lipinski definition) is 3. The van der Waals surface area contributed by atoms with Crippen LogP contribution >= 0.6 is 15.9 Å². The number of nitrogens with one attached hydrogen (secondary N) is 2. The first-order valence-corrected chi connectivity index (χ1v) is 8.09. The van der Waals surface area contributed by atoms with E-state index in [0.717, 1.165) is 0 Å². The molecule has 0 aliphatic rings. The summed E-state index contributed by atoms with van der Waals surface area (Å²) in [5, 5.41) is 0. The van der Waals surface area contributed by atoms with Crippen LogP contribution in [0.1, 0.15) is 12.5 Å². The van der Waals surface area contributed by atoms with Crippen LogP contribution in [0.2, 0.25) is 0 Å². The minimum atomic E-state index is -0.897. The van der Waals surface area contributed by atoms with Crippen molar-refractivity contribution in [3.05, 3.63) is 64.1 Å². The Kier molecular flexibility index (Phi) is 6.46. The van der Waals surface area contributed by atoms with E-state index in [0.29, 0.717) is 11.3 Å². The van der Waals surface area contributed by atoms with Crippen LogP contribution in [0.4, 0.5) is 8.78 Å². The highest BCUT2D eigenvalue weighted by atomic mass is 79.9. The Morgan fingerprint density at radius 3 is 2.44 bits per heavy atom. The summed E-state index contributed by atoms with van der Waals surface area (Å²) in [6.07, 6.45) is -0.933. The SMILES string of the molecule is CC(Oc1ccc(F)cc1)C(=O)NNC(=O)Cc1ccc(F)c(Br)c1. The fourth-order valence-corrected chi connectivity index (χ4v) is 2.31. The molecular formula is C17H15BrF2N2O3. The van der Waals surface area contributed by atoms with Gasteiger partial charge >= 0.3 is 0 Å². The number of ether oxygens (including phenoxy) is 1. The van der Waals surface area contributed by atoms with Crippen molar-refractivity contribution in [1.29, 1.82) is 0 Å². The third kappa shape index (κ3) is 5.82. The second kappa shape index (κ2) is 8.57. The Bertz CT molecular complexity index is 769. The molecule has 2 N–H and O–H groups in total. The molecule has 25 heavy (non-hydrogen) atoms. The van der Waals surface area contributed by atoms with Crippen LogP contribution in [0.5, 0.6) is 5.75 Å². The molecule has 0 saturated carbocycles. The number of carbonyl (C=O) groups is 2. The van der Waals surface area contributed by atoms with Crippen LogP contribution in [0, 0.1) is 11.6 Å². The standard InChI is InChI=1S/C17H15BrF2N2O3/c1-10(25-13-5-3-12(19)4-6-13)17(24)22-21-16(23)9-11-2-7-15(20)14(18)8-11/h2-8,10H,9H2,1H3,(H,21,23)(H,22,24). The zero-order valence-electron chi connectivity index (χ0n) is 13.2. The van der Waals surface area contributed by atoms with Gasteiger partial charge < -0.3 is 4.74 Å². The van der Waals surface area contributed by atoms with Gasteiger partial charge in [-0.2, -0.15) is 0 Å². The molecule has 2 aromatic rings. The van der Waals surface area contributed by atoms with Crippen molar-refractivity contribution in [2.45, 2.75) is 19.4 Å². The zero-order valence-corrected chi connectivity index (χ0v) is 14.8. The van der Waals surface area contributed by atoms with Gasteiger partial charge in [0.2, 0.25) is 5.91 Å². The van der Waals surface area contributed by atoms with Crippen LogP contribution in [0.15, 0.2) is 46.9 Å². The van der Waals surface area contributed by atoms with Crippen molar-refractivity contribution in [2.75, 3.05) is 0 Å². The Morgan fingerprint density at radius 2 is 1.80 bits per heavy atom. The molecule has 5 nitrogen and oxygen atoms in total. The van der Waals surface area contributed by atoms with Crippen LogP contribution in [-0.2, 0) is 16.0 Å². The van der Waals surface area contributed by atoms with E-state index in [-0.39, 0.29) is 10.9 Å². The third-order valence-electron chi connectivity index (χ3n) is 3.17. The summed E-state index contributed by atoms with van der Waals surface area (Å²) in [4.78, 5) is 23.7. The Hall–Kier alpha value is -2.48. The minimum Gasteiger partial charge on any atom is -0.481 e. The normalized spacial score (nSPS) is 11.5. The molecule has 2 aromatic carbocycles. The first-order valence-electron chi connectivity index (χ1n) is 7.30. The minimum absolute atomic E-state index is 0.0354. The van der Waals surface area contributed by atoms with E-state index in [1.807, 2.05) is 0 Å². The van der Waals surface area contributed by atoms with Crippen molar-refractivity contribution < 1.29 is 23.1 Å². The second-order valence-electron chi connectivity index (χ2n) is 5.18. The molecule has 2 amide bonds. The van der Waals surface area contributed by atoms with Crippen LogP contribution in [0.25, 0.3) is 0 Å². The van der Waals surface area contributed by atoms with Gasteiger partial charge in [-0.3, -0.25) is 20.4 Å². The third-order valence-corrected chi connectivity index (χ3v) is 3.78. The van der Waals surface area contributed by atoms with Gasteiger partial charge in [-0.1, -0.05) is 6.07 Å². The molecule has 0 spiro atoms. The van der Waals surface area contributed by atoms with Gasteiger partial charge in [-0.15, -0.1) is 0 Å². The fraction of sp³-hybridized carbons (Fsp3) is 0.176. The molecule has 0 fully saturated rings. The first kappa shape index (κ1) is 18.9. The van der Waals surface area contributed by atoms with Crippen molar-refractivity contribution in [1.82, 2.24) is 10.9 Å². The highest BCUT2D eigenvalue weighted by Crippen LogP contribution is 2.17. The van der Waals surface area contributed by atoms with Gasteiger partial charge in [0, 0.05) is 0 Å². The Labute approximate surface area is 151 Å². The number of benzene rings is 2. The molecule has 0 aromatic heterocycles. The van der Waals surface area contributed by atoms with Crippen LogP contribution in [0.3, 0.4) is 0 Å². The first-order chi connectivity index (χ1) is 11.8. The monoisotopic (exact) mass is 412 g/mol. The van der Waals surface area contributed by atoms with Crippen LogP contribution in [-0.4, -0.2) is 17.9 Å². The maximum atomic E-state index is 13.1. The molecule has 0 heterocycles. The van der Waals surface area contributed by atoms with E-state index in [2.05, 4.69) is 26.8 Å². The van der Waals surface area contributed by atoms with E-state index < -0.39 is 29.6 Å². The maximum absolute atomic E-state index is 13.1. The average molecular weight is 413 g/mol. The number of halogens is 3. The number of amides is 2. The smallest absolute Gasteiger partial charge is 0.279 e. The number of carbonyl (C=O) groups excluding carboxylic acids is 2. The van der Waals surface area contributed by atoms with E-state index in [1.165, 1.54) is 49.4 Å². The summed E-state index contributed by atoms with van der Waals surface area (Å²) in [6.45, 7) is 1.49. The van der Waals surface area contributed by atoms with E-state index in [1.54, 1.807) is 0 Å². The highest BCUT2D eigenvalue weighted by molar-refractivity contribution is 9.10. The molecule has 1 unspecified atom stereocenters. The number of hydrogen-bond donors (Lipinski definition) is 2. The van der Waals surface area contributed by atoms with Crippen molar-refractivity contribution in [3.63, 3.8) is 0 Å². The van der Waals surface area contributed by atoms with Gasteiger partial charge in [-0.25, -0.2) is 8.78 Å². The van der Waals surface area contributed by atoms with E-state index in [4.69, 9.17) is 4.74 Å². The largest absolute Gasteiger partial charge is 0.481 e. The lowest BCUT2D eigenvalue weighted by atomic mass is 10.1. The molecule has 8 heteroatoms. The quantitative estimate of drug-likeness (QED) is 0.741. The van der Waals surface area contributed by atoms with Crippen LogP contribution < -0.4 is 15.6 Å². The molecular weight excluding hydrogens is 398 g/mol. The lowest BCUT2D eigenvalue weighted by molar-refractivity contribution is -0.132. The summed E-state index contributed by atoms with van der Waals surface area (Å²) in [5.74, 6) is -1.56. The van der Waals surface area contributed by atoms with E-state index >= 15 is 0 Å². The summed E-state index contributed by atoms with van der Waals surface area (Å²) >= 11 is 3.04. The molecule has 0 aliphatic heterocycles. The average Bonchev–Trinajstić information content (AvgIpc) is 2.58. The van der Waals surface area contributed by atoms with Crippen molar-refractivity contribution in [2.24, 2.45) is 0 Å². The highest BCUT2D eigenvalue weighted by Gasteiger charge is 2.15. The topological polar surface area (TPSA) is 67.4 Å².